The molecule has 0 radical (unpaired) electrons. The second-order valence-corrected chi connectivity index (χ2v) is 5.71. The van der Waals surface area contributed by atoms with Crippen LogP contribution in [0.15, 0.2) is 59.4 Å². The number of hydrogen-bond donors (Lipinski definition) is 1. The van der Waals surface area contributed by atoms with E-state index in [0.29, 0.717) is 0 Å². The Hall–Kier alpha value is -3.86. The van der Waals surface area contributed by atoms with Gasteiger partial charge in [0.25, 0.3) is 16.9 Å². The van der Waals surface area contributed by atoms with Crippen LogP contribution in [-0.4, -0.2) is 24.1 Å². The summed E-state index contributed by atoms with van der Waals surface area (Å²) >= 11 is 5.29. The van der Waals surface area contributed by atoms with Gasteiger partial charge in [0.1, 0.15) is 0 Å². The van der Waals surface area contributed by atoms with Crippen LogP contribution in [0.5, 0.6) is 5.88 Å². The molecule has 1 N–H and O–H groups in total. The highest BCUT2D eigenvalue weighted by Crippen LogP contribution is 2.22. The predicted molar refractivity (Wildman–Crippen MR) is 97.2 cm³/mol. The topological polar surface area (TPSA) is 133 Å². The number of rotatable bonds is 4. The average Bonchev–Trinajstić information content (AvgIpc) is 2.62. The van der Waals surface area contributed by atoms with Crippen LogP contribution in [0.4, 0.5) is 11.4 Å². The molecule has 0 amide bonds. The molecule has 2 aromatic carbocycles. The van der Waals surface area contributed by atoms with Crippen molar-refractivity contribution in [1.29, 1.82) is 0 Å². The Morgan fingerprint density at radius 2 is 1.48 bits per heavy atom. The molecule has 0 unspecified atom stereocenters. The lowest BCUT2D eigenvalue weighted by Gasteiger charge is -2.14. The molecule has 0 aliphatic rings. The van der Waals surface area contributed by atoms with Gasteiger partial charge in [-0.2, -0.15) is 0 Å². The Morgan fingerprint density at radius 1 is 0.852 bits per heavy atom. The molecule has 0 aliphatic heterocycles. The van der Waals surface area contributed by atoms with Crippen LogP contribution in [0, 0.1) is 25.0 Å². The van der Waals surface area contributed by atoms with Crippen molar-refractivity contribution < 1.29 is 15.0 Å². The number of nitrogens with zero attached hydrogens (tertiary/aromatic N) is 4. The van der Waals surface area contributed by atoms with E-state index < -0.39 is 21.3 Å². The number of benzene rings is 2. The largest absolute Gasteiger partial charge is 0.494 e. The number of aromatic nitrogens is 2. The number of nitro groups is 2. The Labute approximate surface area is 155 Å². The van der Waals surface area contributed by atoms with Crippen molar-refractivity contribution in [3.8, 4) is 17.3 Å². The maximum Gasteiger partial charge on any atom is 0.271 e. The minimum atomic E-state index is -0.684. The number of non-ortho nitro benzene ring substituents is 2. The highest BCUT2D eigenvalue weighted by Gasteiger charge is 2.15. The van der Waals surface area contributed by atoms with Gasteiger partial charge in [0.15, 0.2) is 4.77 Å². The Morgan fingerprint density at radius 3 is 2.07 bits per heavy atom. The van der Waals surface area contributed by atoms with Crippen LogP contribution in [0.3, 0.4) is 0 Å². The summed E-state index contributed by atoms with van der Waals surface area (Å²) in [5.41, 5.74) is -0.645. The summed E-state index contributed by atoms with van der Waals surface area (Å²) in [4.78, 5) is 32.9. The molecule has 0 spiro atoms. The monoisotopic (exact) mass is 386 g/mol. The van der Waals surface area contributed by atoms with E-state index in [2.05, 4.69) is 0 Å². The quantitative estimate of drug-likeness (QED) is 0.414. The second kappa shape index (κ2) is 6.80. The van der Waals surface area contributed by atoms with E-state index in [1.807, 2.05) is 0 Å². The van der Waals surface area contributed by atoms with Gasteiger partial charge in [0.05, 0.1) is 27.3 Å². The summed E-state index contributed by atoms with van der Waals surface area (Å²) in [6, 6.07) is 11.4. The molecule has 0 aliphatic carbocycles. The minimum absolute atomic E-state index is 0.148. The van der Waals surface area contributed by atoms with Crippen molar-refractivity contribution in [2.24, 2.45) is 0 Å². The Kier molecular flexibility index (Phi) is 4.52. The minimum Gasteiger partial charge on any atom is -0.494 e. The van der Waals surface area contributed by atoms with Crippen LogP contribution in [0.2, 0.25) is 0 Å². The van der Waals surface area contributed by atoms with Crippen LogP contribution >= 0.6 is 12.2 Å². The SMILES string of the molecule is O=c1cc(O)n(-c2ccc([N+](=O)[O-])cc2)c(=S)n1-c1cccc([N+](=O)[O-])c1. The van der Waals surface area contributed by atoms with E-state index >= 15 is 0 Å². The molecule has 1 heterocycles. The zero-order chi connectivity index (χ0) is 19.7. The van der Waals surface area contributed by atoms with Crippen molar-refractivity contribution in [3.05, 3.63) is 90.0 Å². The second-order valence-electron chi connectivity index (χ2n) is 5.34. The molecule has 0 saturated heterocycles. The summed E-state index contributed by atoms with van der Waals surface area (Å²) in [5, 5.41) is 31.9. The van der Waals surface area contributed by atoms with Crippen molar-refractivity contribution in [2.45, 2.75) is 0 Å². The fourth-order valence-corrected chi connectivity index (χ4v) is 2.88. The molecular weight excluding hydrogens is 376 g/mol. The molecule has 3 aromatic rings. The van der Waals surface area contributed by atoms with E-state index in [1.165, 1.54) is 48.5 Å². The average molecular weight is 386 g/mol. The molecular formula is C16H10N4O6S. The number of hydrogen-bond acceptors (Lipinski definition) is 7. The molecule has 3 rings (SSSR count). The number of aromatic hydroxyl groups is 1. The Balaban J connectivity index is 2.24. The molecule has 0 fully saturated rings. The smallest absolute Gasteiger partial charge is 0.271 e. The molecule has 0 saturated carbocycles. The third kappa shape index (κ3) is 3.30. The highest BCUT2D eigenvalue weighted by atomic mass is 32.1. The van der Waals surface area contributed by atoms with Crippen LogP contribution in [-0.2, 0) is 0 Å². The normalized spacial score (nSPS) is 10.5. The maximum atomic E-state index is 12.3. The predicted octanol–water partition coefficient (Wildman–Crippen LogP) is 2.88. The third-order valence-electron chi connectivity index (χ3n) is 3.70. The highest BCUT2D eigenvalue weighted by molar-refractivity contribution is 7.71. The standard InChI is InChI=1S/C16H10N4O6S/c21-14-9-15(22)18(12-2-1-3-13(8-12)20(25)26)16(27)17(14)10-4-6-11(7-5-10)19(23)24/h1-9,21H. The summed E-state index contributed by atoms with van der Waals surface area (Å²) in [5.74, 6) is -0.472. The lowest BCUT2D eigenvalue weighted by atomic mass is 10.2. The van der Waals surface area contributed by atoms with E-state index in [0.717, 1.165) is 15.2 Å². The first-order valence-electron chi connectivity index (χ1n) is 7.37. The van der Waals surface area contributed by atoms with E-state index in [4.69, 9.17) is 12.2 Å². The van der Waals surface area contributed by atoms with Crippen molar-refractivity contribution in [1.82, 2.24) is 9.13 Å². The fraction of sp³-hybridized carbons (Fsp3) is 0. The van der Waals surface area contributed by atoms with Crippen molar-refractivity contribution >= 4 is 23.6 Å². The van der Waals surface area contributed by atoms with Gasteiger partial charge in [-0.1, -0.05) is 6.07 Å². The van der Waals surface area contributed by atoms with Gasteiger partial charge in [-0.15, -0.1) is 0 Å². The summed E-state index contributed by atoms with van der Waals surface area (Å²) in [6.07, 6.45) is 0. The summed E-state index contributed by atoms with van der Waals surface area (Å²) in [7, 11) is 0. The fourth-order valence-electron chi connectivity index (χ4n) is 2.48. The van der Waals surface area contributed by atoms with Crippen molar-refractivity contribution in [3.63, 3.8) is 0 Å². The van der Waals surface area contributed by atoms with Crippen molar-refractivity contribution in [2.75, 3.05) is 0 Å². The first-order valence-corrected chi connectivity index (χ1v) is 7.78. The summed E-state index contributed by atoms with van der Waals surface area (Å²) < 4.78 is 1.98. The zero-order valence-electron chi connectivity index (χ0n) is 13.4. The van der Waals surface area contributed by atoms with Gasteiger partial charge in [0, 0.05) is 24.3 Å². The lowest BCUT2D eigenvalue weighted by molar-refractivity contribution is -0.385. The molecule has 1 aromatic heterocycles. The molecule has 0 atom stereocenters. The van der Waals surface area contributed by atoms with Crippen LogP contribution in [0.1, 0.15) is 0 Å². The lowest BCUT2D eigenvalue weighted by Crippen LogP contribution is -2.22. The van der Waals surface area contributed by atoms with Gasteiger partial charge in [-0.25, -0.2) is 0 Å². The first kappa shape index (κ1) is 17.9. The van der Waals surface area contributed by atoms with Crippen LogP contribution in [0.25, 0.3) is 11.4 Å². The first-order chi connectivity index (χ1) is 12.8. The van der Waals surface area contributed by atoms with Crippen LogP contribution < -0.4 is 5.56 Å². The summed E-state index contributed by atoms with van der Waals surface area (Å²) in [6.45, 7) is 0. The van der Waals surface area contributed by atoms with Gasteiger partial charge in [0.2, 0.25) is 5.88 Å². The molecule has 11 heteroatoms. The molecule has 10 nitrogen and oxygen atoms in total. The van der Waals surface area contributed by atoms with Gasteiger partial charge in [-0.05, 0) is 30.4 Å². The van der Waals surface area contributed by atoms with E-state index in [9.17, 15) is 30.1 Å². The van der Waals surface area contributed by atoms with E-state index in [1.54, 1.807) is 0 Å². The van der Waals surface area contributed by atoms with Gasteiger partial charge in [-0.3, -0.25) is 34.2 Å². The third-order valence-corrected chi connectivity index (χ3v) is 4.07. The van der Waals surface area contributed by atoms with Gasteiger partial charge < -0.3 is 5.11 Å². The van der Waals surface area contributed by atoms with Gasteiger partial charge >= 0.3 is 0 Å². The maximum absolute atomic E-state index is 12.3. The van der Waals surface area contributed by atoms with E-state index in [-0.39, 0.29) is 27.5 Å². The molecule has 136 valence electrons. The zero-order valence-corrected chi connectivity index (χ0v) is 14.2. The molecule has 27 heavy (non-hydrogen) atoms. The molecule has 0 bridgehead atoms. The Bertz CT molecular complexity index is 1180. The number of nitro benzene ring substituents is 2.